The van der Waals surface area contributed by atoms with Gasteiger partial charge in [0.25, 0.3) is 0 Å². The van der Waals surface area contributed by atoms with Gasteiger partial charge in [-0.05, 0) is 66.2 Å². The van der Waals surface area contributed by atoms with Gasteiger partial charge in [-0.25, -0.2) is 14.8 Å². The van der Waals surface area contributed by atoms with E-state index < -0.39 is 6.09 Å². The highest BCUT2D eigenvalue weighted by molar-refractivity contribution is 7.19. The van der Waals surface area contributed by atoms with Crippen molar-refractivity contribution in [3.63, 3.8) is 0 Å². The molecular formula is C31H34N6O3S. The van der Waals surface area contributed by atoms with E-state index in [2.05, 4.69) is 49.3 Å². The van der Waals surface area contributed by atoms with Crippen molar-refractivity contribution in [2.75, 3.05) is 20.2 Å². The number of methoxy groups -OCH3 is 1. The molecule has 1 atom stereocenters. The summed E-state index contributed by atoms with van der Waals surface area (Å²) in [5.41, 5.74) is 7.76. The molecule has 1 aliphatic heterocycles. The molecule has 0 bridgehead atoms. The molecule has 2 amide bonds. The highest BCUT2D eigenvalue weighted by atomic mass is 32.1. The molecule has 1 spiro atoms. The van der Waals surface area contributed by atoms with Gasteiger partial charge in [0.15, 0.2) is 0 Å². The Labute approximate surface area is 242 Å². The minimum absolute atomic E-state index is 0.0836. The third-order valence-corrected chi connectivity index (χ3v) is 10.5. The molecule has 0 radical (unpaired) electrons. The number of rotatable bonds is 6. The van der Waals surface area contributed by atoms with Crippen LogP contribution in [0.5, 0.6) is 0 Å². The van der Waals surface area contributed by atoms with E-state index in [-0.39, 0.29) is 23.9 Å². The number of fused-ring (bicyclic) bond motifs is 2. The maximum atomic E-state index is 12.9. The van der Waals surface area contributed by atoms with Crippen LogP contribution in [0.4, 0.5) is 4.79 Å². The molecule has 9 nitrogen and oxygen atoms in total. The zero-order valence-electron chi connectivity index (χ0n) is 23.2. The van der Waals surface area contributed by atoms with Gasteiger partial charge in [-0.3, -0.25) is 4.79 Å². The number of hydrogen-bond acceptors (Lipinski definition) is 6. The smallest absolute Gasteiger partial charge is 0.407 e. The molecule has 3 N–H and O–H groups in total. The summed E-state index contributed by atoms with van der Waals surface area (Å²) in [4.78, 5) is 44.6. The number of carbonyl (C=O) groups is 2. The third kappa shape index (κ3) is 4.54. The van der Waals surface area contributed by atoms with Crippen LogP contribution >= 0.6 is 11.3 Å². The molecule has 41 heavy (non-hydrogen) atoms. The number of hydrogen-bond donors (Lipinski definition) is 3. The van der Waals surface area contributed by atoms with Crippen molar-refractivity contribution in [3.05, 3.63) is 59.9 Å². The molecule has 2 aliphatic carbocycles. The van der Waals surface area contributed by atoms with Crippen LogP contribution in [0.3, 0.4) is 0 Å². The van der Waals surface area contributed by atoms with E-state index in [9.17, 15) is 9.59 Å². The first kappa shape index (κ1) is 26.0. The third-order valence-electron chi connectivity index (χ3n) is 9.21. The highest BCUT2D eigenvalue weighted by Gasteiger charge is 2.45. The fourth-order valence-corrected chi connectivity index (χ4v) is 8.67. The predicted octanol–water partition coefficient (Wildman–Crippen LogP) is 5.97. The second kappa shape index (κ2) is 10.5. The first-order valence-corrected chi connectivity index (χ1v) is 15.3. The zero-order valence-corrected chi connectivity index (χ0v) is 24.0. The van der Waals surface area contributed by atoms with Crippen LogP contribution in [-0.2, 0) is 21.4 Å². The van der Waals surface area contributed by atoms with Crippen molar-refractivity contribution in [1.29, 1.82) is 0 Å². The number of nitrogens with zero attached hydrogens (tertiary/aromatic N) is 3. The Balaban J connectivity index is 1.21. The van der Waals surface area contributed by atoms with Gasteiger partial charge in [-0.15, -0.1) is 11.3 Å². The van der Waals surface area contributed by atoms with Crippen LogP contribution in [0.1, 0.15) is 67.9 Å². The minimum Gasteiger partial charge on any atom is -0.453 e. The van der Waals surface area contributed by atoms with Gasteiger partial charge < -0.3 is 24.9 Å². The van der Waals surface area contributed by atoms with Gasteiger partial charge in [0.1, 0.15) is 12.4 Å². The molecule has 7 rings (SSSR count). The van der Waals surface area contributed by atoms with E-state index in [0.29, 0.717) is 6.54 Å². The number of amides is 2. The lowest BCUT2D eigenvalue weighted by Gasteiger charge is -2.25. The van der Waals surface area contributed by atoms with E-state index in [1.54, 1.807) is 11.9 Å². The number of thiophene rings is 1. The normalized spacial score (nSPS) is 19.1. The summed E-state index contributed by atoms with van der Waals surface area (Å²) in [7, 11) is 1.29. The Morgan fingerprint density at radius 3 is 2.63 bits per heavy atom. The number of carbonyl (C=O) groups excluding carboxylic acids is 2. The van der Waals surface area contributed by atoms with Crippen LogP contribution in [0, 0.1) is 0 Å². The average molecular weight is 571 g/mol. The topological polar surface area (TPSA) is 116 Å². The summed E-state index contributed by atoms with van der Waals surface area (Å²) in [5.74, 6) is 0.682. The fraction of sp³-hybridized carbons (Fsp3) is 0.419. The van der Waals surface area contributed by atoms with Crippen LogP contribution in [0.2, 0.25) is 0 Å². The number of nitrogens with one attached hydrogen (secondary N) is 3. The summed E-state index contributed by atoms with van der Waals surface area (Å²) in [5, 5.41) is 2.51. The van der Waals surface area contributed by atoms with E-state index >= 15 is 0 Å². The van der Waals surface area contributed by atoms with Gasteiger partial charge in [-0.2, -0.15) is 0 Å². The van der Waals surface area contributed by atoms with Crippen LogP contribution in [0.25, 0.3) is 32.3 Å². The molecular weight excluding hydrogens is 536 g/mol. The molecule has 4 heterocycles. The maximum Gasteiger partial charge on any atom is 0.407 e. The predicted molar refractivity (Wildman–Crippen MR) is 157 cm³/mol. The maximum absolute atomic E-state index is 12.9. The van der Waals surface area contributed by atoms with Gasteiger partial charge in [0.05, 0.1) is 48.1 Å². The number of likely N-dealkylation sites (tertiary alicyclic amines) is 1. The van der Waals surface area contributed by atoms with E-state index in [1.807, 2.05) is 28.6 Å². The molecule has 1 unspecified atom stereocenters. The molecule has 10 heteroatoms. The second-order valence-electron chi connectivity index (χ2n) is 11.4. The quantitative estimate of drug-likeness (QED) is 0.264. The van der Waals surface area contributed by atoms with Crippen molar-refractivity contribution in [2.24, 2.45) is 0 Å². The lowest BCUT2D eigenvalue weighted by molar-refractivity contribution is -0.131. The Bertz CT molecular complexity index is 1570. The SMILES string of the molecule is COC(=O)NCC(=O)N1CCCC1c1ncc(-c2sc(-c3ccc(-c4cnc[nH]4)cc3)c3c2CCC32CCCC2)[nH]1. The lowest BCUT2D eigenvalue weighted by atomic mass is 9.79. The minimum atomic E-state index is -0.604. The zero-order chi connectivity index (χ0) is 28.0. The standard InChI is InChI=1S/C31H34N6O3S/c1-40-30(39)34-17-25(38)37-14-4-5-24(37)29-33-16-23(36-29)28-21-10-13-31(11-2-3-12-31)26(21)27(41-28)20-8-6-19(7-9-20)22-15-32-18-35-22/h6-9,15-16,18,24H,2-5,10-14,17H2,1H3,(H,32,35)(H,33,36)(H,34,39). The number of ether oxygens (including phenoxy) is 1. The van der Waals surface area contributed by atoms with Crippen LogP contribution in [-0.4, -0.2) is 57.0 Å². The van der Waals surface area contributed by atoms with Crippen LogP contribution < -0.4 is 5.32 Å². The molecule has 1 saturated heterocycles. The van der Waals surface area contributed by atoms with Gasteiger partial charge >= 0.3 is 6.09 Å². The number of H-pyrrole nitrogens is 2. The summed E-state index contributed by atoms with van der Waals surface area (Å²) in [6.07, 6.45) is 14.1. The van der Waals surface area contributed by atoms with Crippen molar-refractivity contribution in [2.45, 2.75) is 62.8 Å². The molecule has 3 aliphatic rings. The lowest BCUT2D eigenvalue weighted by Crippen LogP contribution is -2.40. The van der Waals surface area contributed by atoms with Crippen molar-refractivity contribution < 1.29 is 14.3 Å². The molecule has 212 valence electrons. The number of alkyl carbamates (subject to hydrolysis) is 1. The molecule has 1 aromatic carbocycles. The van der Waals surface area contributed by atoms with E-state index in [1.165, 1.54) is 60.1 Å². The van der Waals surface area contributed by atoms with Crippen molar-refractivity contribution in [1.82, 2.24) is 30.2 Å². The van der Waals surface area contributed by atoms with Gasteiger partial charge in [0, 0.05) is 11.4 Å². The van der Waals surface area contributed by atoms with Gasteiger partial charge in [-0.1, -0.05) is 37.1 Å². The summed E-state index contributed by atoms with van der Waals surface area (Å²) < 4.78 is 4.61. The Morgan fingerprint density at radius 1 is 1.07 bits per heavy atom. The summed E-state index contributed by atoms with van der Waals surface area (Å²) >= 11 is 1.88. The Morgan fingerprint density at radius 2 is 1.88 bits per heavy atom. The van der Waals surface area contributed by atoms with Crippen LogP contribution in [0.15, 0.2) is 43.0 Å². The van der Waals surface area contributed by atoms with Gasteiger partial charge in [0.2, 0.25) is 5.91 Å². The fourth-order valence-electron chi connectivity index (χ4n) is 7.23. The largest absolute Gasteiger partial charge is 0.453 e. The Hall–Kier alpha value is -3.92. The Kier molecular flexibility index (Phi) is 6.65. The van der Waals surface area contributed by atoms with Crippen molar-refractivity contribution in [3.8, 4) is 32.3 Å². The van der Waals surface area contributed by atoms with Crippen molar-refractivity contribution >= 4 is 23.3 Å². The average Bonchev–Trinajstić information content (AvgIpc) is 3.83. The first-order chi connectivity index (χ1) is 20.1. The second-order valence-corrected chi connectivity index (χ2v) is 12.4. The molecule has 1 saturated carbocycles. The number of aromatic amines is 2. The monoisotopic (exact) mass is 570 g/mol. The number of aromatic nitrogens is 4. The first-order valence-electron chi connectivity index (χ1n) is 14.5. The number of imidazole rings is 2. The highest BCUT2D eigenvalue weighted by Crippen LogP contribution is 2.58. The van der Waals surface area contributed by atoms with E-state index in [4.69, 9.17) is 4.98 Å². The summed E-state index contributed by atoms with van der Waals surface area (Å²) in [6, 6.07) is 8.73. The summed E-state index contributed by atoms with van der Waals surface area (Å²) in [6.45, 7) is 0.567. The molecule has 4 aromatic rings. The molecule has 2 fully saturated rings. The number of benzene rings is 1. The molecule has 3 aromatic heterocycles. The van der Waals surface area contributed by atoms with E-state index in [0.717, 1.165) is 42.0 Å².